The third-order valence-electron chi connectivity index (χ3n) is 4.13. The van der Waals surface area contributed by atoms with Gasteiger partial charge in [-0.2, -0.15) is 0 Å². The van der Waals surface area contributed by atoms with E-state index < -0.39 is 0 Å². The number of halogens is 1. The summed E-state index contributed by atoms with van der Waals surface area (Å²) in [4.78, 5) is 30.6. The van der Waals surface area contributed by atoms with E-state index in [2.05, 4.69) is 10.3 Å². The van der Waals surface area contributed by atoms with Crippen LogP contribution >= 0.6 is 11.6 Å². The quantitative estimate of drug-likeness (QED) is 0.872. The first kappa shape index (κ1) is 18.4. The zero-order valence-corrected chi connectivity index (χ0v) is 15.0. The first-order valence-corrected chi connectivity index (χ1v) is 8.86. The van der Waals surface area contributed by atoms with Crippen molar-refractivity contribution in [2.75, 3.05) is 32.8 Å². The molecule has 1 aromatic heterocycles. The number of ether oxygens (including phenoxy) is 1. The van der Waals surface area contributed by atoms with E-state index in [4.69, 9.17) is 16.3 Å². The zero-order valence-electron chi connectivity index (χ0n) is 14.3. The molecule has 1 aliphatic heterocycles. The maximum atomic E-state index is 12.5. The van der Waals surface area contributed by atoms with Crippen molar-refractivity contribution >= 4 is 23.4 Å². The molecule has 1 saturated heterocycles. The maximum Gasteiger partial charge on any atom is 0.255 e. The minimum absolute atomic E-state index is 0.130. The average molecular weight is 374 g/mol. The Morgan fingerprint density at radius 3 is 2.69 bits per heavy atom. The number of aromatic nitrogens is 1. The Labute approximate surface area is 157 Å². The smallest absolute Gasteiger partial charge is 0.255 e. The second-order valence-corrected chi connectivity index (χ2v) is 6.44. The molecule has 0 bridgehead atoms. The van der Waals surface area contributed by atoms with Gasteiger partial charge in [0.05, 0.1) is 24.3 Å². The SMILES string of the molecule is O=C(NCCc1cccc(Cl)c1)c1cncc(C(=O)N2CCOCC2)c1. The molecule has 2 heterocycles. The minimum Gasteiger partial charge on any atom is -0.378 e. The predicted molar refractivity (Wildman–Crippen MR) is 98.4 cm³/mol. The third-order valence-corrected chi connectivity index (χ3v) is 4.37. The molecule has 136 valence electrons. The number of rotatable bonds is 5. The Bertz CT molecular complexity index is 791. The van der Waals surface area contributed by atoms with Crippen molar-refractivity contribution in [3.05, 3.63) is 64.4 Å². The molecule has 2 aromatic rings. The van der Waals surface area contributed by atoms with Crippen molar-refractivity contribution < 1.29 is 14.3 Å². The number of carbonyl (C=O) groups is 2. The lowest BCUT2D eigenvalue weighted by Crippen LogP contribution is -2.40. The Hall–Kier alpha value is -2.44. The lowest BCUT2D eigenvalue weighted by Gasteiger charge is -2.26. The number of amides is 2. The van der Waals surface area contributed by atoms with Gasteiger partial charge in [-0.25, -0.2) is 0 Å². The molecule has 1 N–H and O–H groups in total. The molecule has 7 heteroatoms. The molecule has 3 rings (SSSR count). The predicted octanol–water partition coefficient (Wildman–Crippen LogP) is 2.18. The van der Waals surface area contributed by atoms with Crippen LogP contribution in [0.25, 0.3) is 0 Å². The minimum atomic E-state index is -0.254. The Kier molecular flexibility index (Phi) is 6.20. The maximum absolute atomic E-state index is 12.5. The summed E-state index contributed by atoms with van der Waals surface area (Å²) < 4.78 is 5.25. The topological polar surface area (TPSA) is 71.5 Å². The van der Waals surface area contributed by atoms with Gasteiger partial charge in [0.1, 0.15) is 0 Å². The molecule has 1 aliphatic rings. The lowest BCUT2D eigenvalue weighted by atomic mass is 10.1. The Balaban J connectivity index is 1.58. The normalized spacial score (nSPS) is 14.1. The lowest BCUT2D eigenvalue weighted by molar-refractivity contribution is 0.0302. The Morgan fingerprint density at radius 1 is 1.15 bits per heavy atom. The first-order chi connectivity index (χ1) is 12.6. The van der Waals surface area contributed by atoms with Crippen molar-refractivity contribution in [3.63, 3.8) is 0 Å². The van der Waals surface area contributed by atoms with Gasteiger partial charge in [0.15, 0.2) is 0 Å². The summed E-state index contributed by atoms with van der Waals surface area (Å²) in [7, 11) is 0. The molecule has 0 atom stereocenters. The molecule has 6 nitrogen and oxygen atoms in total. The van der Waals surface area contributed by atoms with E-state index in [-0.39, 0.29) is 11.8 Å². The molecule has 0 aliphatic carbocycles. The summed E-state index contributed by atoms with van der Waals surface area (Å²) in [6.07, 6.45) is 3.62. The van der Waals surface area contributed by atoms with Crippen molar-refractivity contribution in [1.82, 2.24) is 15.2 Å². The van der Waals surface area contributed by atoms with E-state index in [1.54, 1.807) is 11.0 Å². The molecule has 2 amide bonds. The number of benzene rings is 1. The average Bonchev–Trinajstić information content (AvgIpc) is 2.68. The van der Waals surface area contributed by atoms with E-state index in [1.807, 2.05) is 24.3 Å². The molecule has 0 radical (unpaired) electrons. The highest BCUT2D eigenvalue weighted by molar-refractivity contribution is 6.30. The highest BCUT2D eigenvalue weighted by Gasteiger charge is 2.19. The number of nitrogens with zero attached hydrogens (tertiary/aromatic N) is 2. The van der Waals surface area contributed by atoms with E-state index in [1.165, 1.54) is 12.4 Å². The van der Waals surface area contributed by atoms with Gasteiger partial charge in [0, 0.05) is 37.1 Å². The van der Waals surface area contributed by atoms with E-state index in [0.717, 1.165) is 5.56 Å². The van der Waals surface area contributed by atoms with Gasteiger partial charge in [0.2, 0.25) is 0 Å². The fraction of sp³-hybridized carbons (Fsp3) is 0.316. The number of morpholine rings is 1. The fourth-order valence-corrected chi connectivity index (χ4v) is 2.96. The zero-order chi connectivity index (χ0) is 18.4. The molecule has 0 spiro atoms. The molecular formula is C19H20ClN3O3. The van der Waals surface area contributed by atoms with Crippen LogP contribution in [0.4, 0.5) is 0 Å². The van der Waals surface area contributed by atoms with Crippen LogP contribution < -0.4 is 5.32 Å². The van der Waals surface area contributed by atoms with Crippen LogP contribution in [0.15, 0.2) is 42.7 Å². The van der Waals surface area contributed by atoms with Crippen LogP contribution in [0, 0.1) is 0 Å². The monoisotopic (exact) mass is 373 g/mol. The van der Waals surface area contributed by atoms with Crippen molar-refractivity contribution in [3.8, 4) is 0 Å². The molecule has 1 fully saturated rings. The molecule has 26 heavy (non-hydrogen) atoms. The summed E-state index contributed by atoms with van der Waals surface area (Å²) >= 11 is 5.95. The van der Waals surface area contributed by atoms with Gasteiger partial charge >= 0.3 is 0 Å². The van der Waals surface area contributed by atoms with Crippen LogP contribution in [0.1, 0.15) is 26.3 Å². The second-order valence-electron chi connectivity index (χ2n) is 6.00. The summed E-state index contributed by atoms with van der Waals surface area (Å²) in [6, 6.07) is 9.11. The standard InChI is InChI=1S/C19H20ClN3O3/c20-17-3-1-2-14(10-17)4-5-22-18(24)15-11-16(13-21-12-15)19(25)23-6-8-26-9-7-23/h1-3,10-13H,4-9H2,(H,22,24). The van der Waals surface area contributed by atoms with Crippen LogP contribution in [-0.4, -0.2) is 54.5 Å². The van der Waals surface area contributed by atoms with E-state index in [9.17, 15) is 9.59 Å². The van der Waals surface area contributed by atoms with Crippen LogP contribution in [0.3, 0.4) is 0 Å². The van der Waals surface area contributed by atoms with Crippen LogP contribution in [-0.2, 0) is 11.2 Å². The summed E-state index contributed by atoms with van der Waals surface area (Å²) in [6.45, 7) is 2.64. The van der Waals surface area contributed by atoms with Crippen LogP contribution in [0.2, 0.25) is 5.02 Å². The van der Waals surface area contributed by atoms with Crippen molar-refractivity contribution in [2.45, 2.75) is 6.42 Å². The van der Waals surface area contributed by atoms with Crippen molar-refractivity contribution in [2.24, 2.45) is 0 Å². The highest BCUT2D eigenvalue weighted by Crippen LogP contribution is 2.11. The summed E-state index contributed by atoms with van der Waals surface area (Å²) in [5, 5.41) is 3.52. The van der Waals surface area contributed by atoms with E-state index >= 15 is 0 Å². The van der Waals surface area contributed by atoms with Gasteiger partial charge < -0.3 is 15.0 Å². The number of pyridine rings is 1. The van der Waals surface area contributed by atoms with Crippen molar-refractivity contribution in [1.29, 1.82) is 0 Å². The number of nitrogens with one attached hydrogen (secondary N) is 1. The molecule has 0 saturated carbocycles. The first-order valence-electron chi connectivity index (χ1n) is 8.48. The molecule has 1 aromatic carbocycles. The van der Waals surface area contributed by atoms with Gasteiger partial charge in [-0.1, -0.05) is 23.7 Å². The number of hydrogen-bond donors (Lipinski definition) is 1. The number of carbonyl (C=O) groups excluding carboxylic acids is 2. The number of hydrogen-bond acceptors (Lipinski definition) is 4. The third kappa shape index (κ3) is 4.80. The fourth-order valence-electron chi connectivity index (χ4n) is 2.74. The summed E-state index contributed by atoms with van der Waals surface area (Å²) in [5.74, 6) is -0.384. The summed E-state index contributed by atoms with van der Waals surface area (Å²) in [5.41, 5.74) is 1.83. The Morgan fingerprint density at radius 2 is 1.92 bits per heavy atom. The van der Waals surface area contributed by atoms with Gasteiger partial charge in [-0.05, 0) is 30.2 Å². The van der Waals surface area contributed by atoms with Gasteiger partial charge in [-0.3, -0.25) is 14.6 Å². The molecular weight excluding hydrogens is 354 g/mol. The van der Waals surface area contributed by atoms with Crippen LogP contribution in [0.5, 0.6) is 0 Å². The van der Waals surface area contributed by atoms with E-state index in [0.29, 0.717) is 55.4 Å². The molecule has 0 unspecified atom stereocenters. The second kappa shape index (κ2) is 8.78. The van der Waals surface area contributed by atoms with Gasteiger partial charge in [-0.15, -0.1) is 0 Å². The highest BCUT2D eigenvalue weighted by atomic mass is 35.5. The van der Waals surface area contributed by atoms with Gasteiger partial charge in [0.25, 0.3) is 11.8 Å². The largest absolute Gasteiger partial charge is 0.378 e.